The first-order chi connectivity index (χ1) is 19.6. The van der Waals surface area contributed by atoms with Crippen molar-refractivity contribution in [2.24, 2.45) is 0 Å². The Balaban J connectivity index is 1.58. The number of amides is 3. The molecule has 1 saturated carbocycles. The summed E-state index contributed by atoms with van der Waals surface area (Å²) in [6.45, 7) is 0. The van der Waals surface area contributed by atoms with Gasteiger partial charge in [-0.2, -0.15) is 0 Å². The van der Waals surface area contributed by atoms with Crippen molar-refractivity contribution in [2.75, 3.05) is 9.80 Å². The Hall–Kier alpha value is -3.19. The van der Waals surface area contributed by atoms with Crippen LogP contribution in [-0.4, -0.2) is 45.7 Å². The quantitative estimate of drug-likeness (QED) is 0.321. The van der Waals surface area contributed by atoms with Crippen LogP contribution in [0.2, 0.25) is 5.02 Å². The van der Waals surface area contributed by atoms with E-state index < -0.39 is 35.9 Å². The standard InChI is InChI=1S/C29H27ClF2IN5O3/c30-22-7-2-1-6-21(22)26(27(40)36-19-10-12-29(31,32)13-11-19)37(20-5-3-4-18(33)16-20)28(41)23-8-9-25(39)38(23)24-17-34-14-15-35-24/h1-7,14-17,19,23,26H,8-13H2,(H,36,40)/t23-,26+/m0/s1. The maximum Gasteiger partial charge on any atom is 0.251 e. The number of rotatable bonds is 7. The molecule has 0 bridgehead atoms. The summed E-state index contributed by atoms with van der Waals surface area (Å²) >= 11 is 8.74. The second-order valence-corrected chi connectivity index (χ2v) is 11.8. The molecule has 214 valence electrons. The van der Waals surface area contributed by atoms with E-state index in [4.69, 9.17) is 11.6 Å². The number of hydrogen-bond acceptors (Lipinski definition) is 5. The normalized spacial score (nSPS) is 19.6. The Morgan fingerprint density at radius 3 is 2.54 bits per heavy atom. The smallest absolute Gasteiger partial charge is 0.251 e. The molecule has 1 saturated heterocycles. The maximum absolute atomic E-state index is 14.6. The van der Waals surface area contributed by atoms with Crippen molar-refractivity contribution in [3.63, 3.8) is 0 Å². The van der Waals surface area contributed by atoms with Gasteiger partial charge in [-0.25, -0.2) is 13.8 Å². The fourth-order valence-corrected chi connectivity index (χ4v) is 6.14. The SMILES string of the molecule is O=C(NC1CCC(F)(F)CC1)[C@@H](c1ccccc1Cl)N(C(=O)[C@@H]1CCC(=O)N1c1cnccn1)c1cccc(I)c1. The number of carbonyl (C=O) groups excluding carboxylic acids is 3. The molecule has 2 heterocycles. The molecule has 1 aliphatic heterocycles. The van der Waals surface area contributed by atoms with E-state index in [1.54, 1.807) is 42.5 Å². The number of nitrogens with one attached hydrogen (secondary N) is 1. The van der Waals surface area contributed by atoms with Crippen molar-refractivity contribution in [1.29, 1.82) is 0 Å². The maximum atomic E-state index is 14.6. The Morgan fingerprint density at radius 2 is 1.85 bits per heavy atom. The number of anilines is 2. The van der Waals surface area contributed by atoms with Crippen LogP contribution in [0.4, 0.5) is 20.3 Å². The van der Waals surface area contributed by atoms with Crippen LogP contribution in [0.3, 0.4) is 0 Å². The predicted octanol–water partition coefficient (Wildman–Crippen LogP) is 5.70. The molecule has 2 fully saturated rings. The predicted molar refractivity (Wildman–Crippen MR) is 159 cm³/mol. The highest BCUT2D eigenvalue weighted by molar-refractivity contribution is 14.1. The van der Waals surface area contributed by atoms with Crippen LogP contribution in [0.5, 0.6) is 0 Å². The zero-order valence-corrected chi connectivity index (χ0v) is 24.8. The zero-order valence-electron chi connectivity index (χ0n) is 21.9. The summed E-state index contributed by atoms with van der Waals surface area (Å²) in [5.41, 5.74) is 0.797. The topological polar surface area (TPSA) is 95.5 Å². The average molecular weight is 694 g/mol. The third-order valence-corrected chi connectivity index (χ3v) is 8.40. The number of benzene rings is 2. The van der Waals surface area contributed by atoms with Gasteiger partial charge in [0.05, 0.1) is 6.20 Å². The van der Waals surface area contributed by atoms with E-state index in [9.17, 15) is 23.2 Å². The molecule has 2 aliphatic rings. The second kappa shape index (κ2) is 12.4. The van der Waals surface area contributed by atoms with Gasteiger partial charge in [-0.15, -0.1) is 0 Å². The van der Waals surface area contributed by atoms with Gasteiger partial charge >= 0.3 is 0 Å². The first-order valence-electron chi connectivity index (χ1n) is 13.2. The van der Waals surface area contributed by atoms with Gasteiger partial charge in [0.15, 0.2) is 5.82 Å². The van der Waals surface area contributed by atoms with Crippen molar-refractivity contribution in [3.8, 4) is 0 Å². The summed E-state index contributed by atoms with van der Waals surface area (Å²) in [7, 11) is 0. The minimum absolute atomic E-state index is 0.114. The molecule has 0 unspecified atom stereocenters. The lowest BCUT2D eigenvalue weighted by molar-refractivity contribution is -0.128. The monoisotopic (exact) mass is 693 g/mol. The van der Waals surface area contributed by atoms with E-state index in [2.05, 4.69) is 37.9 Å². The van der Waals surface area contributed by atoms with Crippen LogP contribution >= 0.6 is 34.2 Å². The van der Waals surface area contributed by atoms with Crippen molar-refractivity contribution in [3.05, 3.63) is 81.3 Å². The molecule has 3 aromatic rings. The van der Waals surface area contributed by atoms with Crippen molar-refractivity contribution in [2.45, 2.75) is 62.6 Å². The van der Waals surface area contributed by atoms with E-state index in [0.717, 1.165) is 3.57 Å². The van der Waals surface area contributed by atoms with Crippen molar-refractivity contribution in [1.82, 2.24) is 15.3 Å². The van der Waals surface area contributed by atoms with E-state index in [1.165, 1.54) is 28.4 Å². The molecule has 2 aromatic carbocycles. The lowest BCUT2D eigenvalue weighted by Gasteiger charge is -2.37. The molecule has 12 heteroatoms. The van der Waals surface area contributed by atoms with E-state index in [1.807, 2.05) is 6.07 Å². The van der Waals surface area contributed by atoms with E-state index >= 15 is 0 Å². The Kier molecular flexibility index (Phi) is 8.83. The van der Waals surface area contributed by atoms with Crippen molar-refractivity contribution < 1.29 is 23.2 Å². The molecule has 0 spiro atoms. The highest BCUT2D eigenvalue weighted by Crippen LogP contribution is 2.37. The van der Waals surface area contributed by atoms with Crippen LogP contribution in [0.1, 0.15) is 50.1 Å². The van der Waals surface area contributed by atoms with Gasteiger partial charge in [0, 0.05) is 57.5 Å². The van der Waals surface area contributed by atoms with E-state index in [0.29, 0.717) is 11.3 Å². The molecule has 5 rings (SSSR count). The second-order valence-electron chi connectivity index (χ2n) is 10.1. The van der Waals surface area contributed by atoms with Gasteiger partial charge in [-0.1, -0.05) is 35.9 Å². The minimum atomic E-state index is -2.76. The van der Waals surface area contributed by atoms with Gasteiger partial charge in [0.1, 0.15) is 12.1 Å². The first kappa shape index (κ1) is 29.3. The molecule has 41 heavy (non-hydrogen) atoms. The molecular formula is C29H27ClF2IN5O3. The summed E-state index contributed by atoms with van der Waals surface area (Å²) in [4.78, 5) is 52.6. The van der Waals surface area contributed by atoms with Crippen molar-refractivity contribution >= 4 is 63.4 Å². The number of carbonyl (C=O) groups is 3. The fourth-order valence-electron chi connectivity index (χ4n) is 5.37. The van der Waals surface area contributed by atoms with Gasteiger partial charge in [-0.3, -0.25) is 29.2 Å². The molecule has 1 aromatic heterocycles. The minimum Gasteiger partial charge on any atom is -0.351 e. The van der Waals surface area contributed by atoms with Crippen LogP contribution in [-0.2, 0) is 14.4 Å². The van der Waals surface area contributed by atoms with Crippen LogP contribution < -0.4 is 15.1 Å². The number of nitrogens with zero attached hydrogens (tertiary/aromatic N) is 4. The van der Waals surface area contributed by atoms with Gasteiger partial charge in [0.2, 0.25) is 17.7 Å². The molecule has 2 atom stereocenters. The van der Waals surface area contributed by atoms with Crippen LogP contribution in [0.15, 0.2) is 67.1 Å². The molecular weight excluding hydrogens is 667 g/mol. The molecule has 3 amide bonds. The lowest BCUT2D eigenvalue weighted by atomic mass is 9.91. The number of alkyl halides is 2. The molecule has 1 aliphatic carbocycles. The Labute approximate surface area is 254 Å². The average Bonchev–Trinajstić information content (AvgIpc) is 3.34. The zero-order chi connectivity index (χ0) is 29.1. The van der Waals surface area contributed by atoms with Gasteiger partial charge in [0.25, 0.3) is 5.91 Å². The summed E-state index contributed by atoms with van der Waals surface area (Å²) in [6.07, 6.45) is 4.22. The summed E-state index contributed by atoms with van der Waals surface area (Å²) in [5, 5.41) is 3.18. The Bertz CT molecular complexity index is 1440. The summed E-state index contributed by atoms with van der Waals surface area (Å²) in [6, 6.07) is 11.1. The van der Waals surface area contributed by atoms with E-state index in [-0.39, 0.29) is 55.3 Å². The highest BCUT2D eigenvalue weighted by Gasteiger charge is 2.45. The number of aromatic nitrogens is 2. The largest absolute Gasteiger partial charge is 0.351 e. The third kappa shape index (κ3) is 6.50. The number of hydrogen-bond donors (Lipinski definition) is 1. The Morgan fingerprint density at radius 1 is 1.10 bits per heavy atom. The fraction of sp³-hybridized carbons (Fsp3) is 0.345. The molecule has 8 nitrogen and oxygen atoms in total. The number of halogens is 4. The van der Waals surface area contributed by atoms with Gasteiger partial charge < -0.3 is 5.32 Å². The van der Waals surface area contributed by atoms with Crippen LogP contribution in [0.25, 0.3) is 0 Å². The van der Waals surface area contributed by atoms with Gasteiger partial charge in [-0.05, 0) is 66.1 Å². The van der Waals surface area contributed by atoms with Crippen LogP contribution in [0, 0.1) is 3.57 Å². The first-order valence-corrected chi connectivity index (χ1v) is 14.7. The summed E-state index contributed by atoms with van der Waals surface area (Å²) < 4.78 is 28.5. The third-order valence-electron chi connectivity index (χ3n) is 7.39. The molecule has 1 N–H and O–H groups in total. The lowest BCUT2D eigenvalue weighted by Crippen LogP contribution is -2.53. The summed E-state index contributed by atoms with van der Waals surface area (Å²) in [5.74, 6) is -3.86. The molecule has 0 radical (unpaired) electrons. The highest BCUT2D eigenvalue weighted by atomic mass is 127.